The van der Waals surface area contributed by atoms with E-state index < -0.39 is 0 Å². The molecule has 16 heavy (non-hydrogen) atoms. The second-order valence-electron chi connectivity index (χ2n) is 5.51. The van der Waals surface area contributed by atoms with Gasteiger partial charge in [0.25, 0.3) is 0 Å². The van der Waals surface area contributed by atoms with E-state index in [4.69, 9.17) is 0 Å². The van der Waals surface area contributed by atoms with Gasteiger partial charge in [0.05, 0.1) is 0 Å². The van der Waals surface area contributed by atoms with Gasteiger partial charge in [-0.05, 0) is 64.7 Å². The fourth-order valence-electron chi connectivity index (χ4n) is 2.43. The Morgan fingerprint density at radius 1 is 1.00 bits per heavy atom. The van der Waals surface area contributed by atoms with Crippen LogP contribution < -0.4 is 10.6 Å². The van der Waals surface area contributed by atoms with Gasteiger partial charge in [0.1, 0.15) is 0 Å². The normalized spacial score (nSPS) is 23.8. The molecule has 2 N–H and O–H groups in total. The minimum Gasteiger partial charge on any atom is -0.315 e. The van der Waals surface area contributed by atoms with E-state index in [2.05, 4.69) is 22.6 Å². The van der Waals surface area contributed by atoms with Crippen LogP contribution in [0.1, 0.15) is 32.1 Å². The van der Waals surface area contributed by atoms with Crippen molar-refractivity contribution in [2.45, 2.75) is 38.1 Å². The predicted molar refractivity (Wildman–Crippen MR) is 68.7 cm³/mol. The fourth-order valence-corrected chi connectivity index (χ4v) is 2.43. The monoisotopic (exact) mass is 225 g/mol. The van der Waals surface area contributed by atoms with Crippen LogP contribution >= 0.6 is 0 Å². The van der Waals surface area contributed by atoms with Gasteiger partial charge >= 0.3 is 0 Å². The highest BCUT2D eigenvalue weighted by atomic mass is 15.1. The summed E-state index contributed by atoms with van der Waals surface area (Å²) in [6.45, 7) is 6.10. The summed E-state index contributed by atoms with van der Waals surface area (Å²) in [7, 11) is 2.23. The summed E-state index contributed by atoms with van der Waals surface area (Å²) < 4.78 is 0. The molecule has 3 heteroatoms. The van der Waals surface area contributed by atoms with Crippen molar-refractivity contribution in [3.05, 3.63) is 0 Å². The van der Waals surface area contributed by atoms with Crippen LogP contribution in [0.3, 0.4) is 0 Å². The summed E-state index contributed by atoms with van der Waals surface area (Å²) in [5.74, 6) is 0.972. The molecule has 0 amide bonds. The van der Waals surface area contributed by atoms with E-state index in [0.29, 0.717) is 0 Å². The Morgan fingerprint density at radius 3 is 2.44 bits per heavy atom. The van der Waals surface area contributed by atoms with Crippen molar-refractivity contribution in [2.24, 2.45) is 5.92 Å². The molecule has 0 spiro atoms. The van der Waals surface area contributed by atoms with E-state index in [1.807, 2.05) is 0 Å². The Bertz CT molecular complexity index is 184. The van der Waals surface area contributed by atoms with E-state index in [9.17, 15) is 0 Å². The molecule has 1 aliphatic carbocycles. The third-order valence-electron chi connectivity index (χ3n) is 3.88. The Hall–Kier alpha value is -0.120. The molecular formula is C13H27N3. The maximum Gasteiger partial charge on any atom is 0.00793 e. The summed E-state index contributed by atoms with van der Waals surface area (Å²) in [5.41, 5.74) is 0. The number of piperidine rings is 1. The van der Waals surface area contributed by atoms with Crippen molar-refractivity contribution >= 4 is 0 Å². The molecule has 94 valence electrons. The zero-order valence-corrected chi connectivity index (χ0v) is 10.7. The van der Waals surface area contributed by atoms with Crippen LogP contribution in [-0.4, -0.2) is 50.7 Å². The predicted octanol–water partition coefficient (Wildman–Crippen LogP) is 1.06. The third-order valence-corrected chi connectivity index (χ3v) is 3.88. The first-order valence-electron chi connectivity index (χ1n) is 6.97. The van der Waals surface area contributed by atoms with Crippen molar-refractivity contribution in [1.82, 2.24) is 15.5 Å². The van der Waals surface area contributed by atoms with Crippen molar-refractivity contribution in [1.29, 1.82) is 0 Å². The molecule has 2 rings (SSSR count). The number of hydrogen-bond donors (Lipinski definition) is 2. The summed E-state index contributed by atoms with van der Waals surface area (Å²) in [4.78, 5) is 2.45. The van der Waals surface area contributed by atoms with Gasteiger partial charge < -0.3 is 15.5 Å². The van der Waals surface area contributed by atoms with Gasteiger partial charge in [-0.1, -0.05) is 0 Å². The molecule has 0 bridgehead atoms. The van der Waals surface area contributed by atoms with Crippen LogP contribution in [0.4, 0.5) is 0 Å². The molecule has 1 aliphatic heterocycles. The lowest BCUT2D eigenvalue weighted by atomic mass is 9.94. The van der Waals surface area contributed by atoms with Gasteiger partial charge in [0.15, 0.2) is 0 Å². The maximum absolute atomic E-state index is 3.55. The first kappa shape index (κ1) is 12.3. The Balaban J connectivity index is 1.39. The molecule has 0 atom stereocenters. The third kappa shape index (κ3) is 4.81. The summed E-state index contributed by atoms with van der Waals surface area (Å²) in [6, 6.07) is 0.857. The van der Waals surface area contributed by atoms with Gasteiger partial charge in [0.2, 0.25) is 0 Å². The van der Waals surface area contributed by atoms with Gasteiger partial charge in [-0.25, -0.2) is 0 Å². The van der Waals surface area contributed by atoms with Gasteiger partial charge in [0, 0.05) is 19.1 Å². The summed E-state index contributed by atoms with van der Waals surface area (Å²) >= 11 is 0. The zero-order chi connectivity index (χ0) is 11.2. The van der Waals surface area contributed by atoms with E-state index >= 15 is 0 Å². The molecule has 0 aromatic carbocycles. The molecule has 1 saturated carbocycles. The van der Waals surface area contributed by atoms with E-state index in [-0.39, 0.29) is 0 Å². The number of likely N-dealkylation sites (tertiary alicyclic amines) is 1. The van der Waals surface area contributed by atoms with Crippen LogP contribution in [-0.2, 0) is 0 Å². The second-order valence-corrected chi connectivity index (χ2v) is 5.51. The molecule has 2 aliphatic rings. The zero-order valence-electron chi connectivity index (χ0n) is 10.7. The van der Waals surface area contributed by atoms with E-state index in [0.717, 1.165) is 25.0 Å². The number of nitrogens with zero attached hydrogens (tertiary/aromatic N) is 1. The Kier molecular flexibility index (Phi) is 5.07. The number of nitrogens with one attached hydrogen (secondary N) is 2. The fraction of sp³-hybridized carbons (Fsp3) is 1.00. The van der Waals surface area contributed by atoms with E-state index in [1.165, 1.54) is 51.7 Å². The van der Waals surface area contributed by atoms with Crippen molar-refractivity contribution < 1.29 is 0 Å². The van der Waals surface area contributed by atoms with E-state index in [1.54, 1.807) is 0 Å². The quantitative estimate of drug-likeness (QED) is 0.635. The SMILES string of the molecule is CN1CCC(CCNCCNC2CC2)CC1. The molecule has 0 aromatic heterocycles. The lowest BCUT2D eigenvalue weighted by molar-refractivity contribution is 0.211. The summed E-state index contributed by atoms with van der Waals surface area (Å²) in [6.07, 6.45) is 6.97. The highest BCUT2D eigenvalue weighted by Gasteiger charge is 2.19. The molecule has 1 saturated heterocycles. The van der Waals surface area contributed by atoms with Crippen LogP contribution in [0.15, 0.2) is 0 Å². The maximum atomic E-state index is 3.55. The largest absolute Gasteiger partial charge is 0.315 e. The molecule has 0 unspecified atom stereocenters. The van der Waals surface area contributed by atoms with Crippen LogP contribution in [0.5, 0.6) is 0 Å². The summed E-state index contributed by atoms with van der Waals surface area (Å²) in [5, 5.41) is 7.08. The van der Waals surface area contributed by atoms with Gasteiger partial charge in [-0.15, -0.1) is 0 Å². The molecule has 2 fully saturated rings. The Labute approximate surface area is 100.0 Å². The number of rotatable bonds is 7. The first-order chi connectivity index (χ1) is 7.84. The van der Waals surface area contributed by atoms with Crippen LogP contribution in [0, 0.1) is 5.92 Å². The van der Waals surface area contributed by atoms with Crippen molar-refractivity contribution in [3.8, 4) is 0 Å². The average molecular weight is 225 g/mol. The highest BCUT2D eigenvalue weighted by Crippen LogP contribution is 2.19. The molecular weight excluding hydrogens is 198 g/mol. The van der Waals surface area contributed by atoms with Gasteiger partial charge in [-0.2, -0.15) is 0 Å². The highest BCUT2D eigenvalue weighted by molar-refractivity contribution is 4.80. The lowest BCUT2D eigenvalue weighted by Gasteiger charge is -2.28. The smallest absolute Gasteiger partial charge is 0.00793 e. The van der Waals surface area contributed by atoms with Gasteiger partial charge in [-0.3, -0.25) is 0 Å². The standard InChI is InChI=1S/C13H27N3/c1-16-10-5-12(6-11-16)4-7-14-8-9-15-13-2-3-13/h12-15H,2-11H2,1H3. The molecule has 1 heterocycles. The van der Waals surface area contributed by atoms with Crippen molar-refractivity contribution in [2.75, 3.05) is 39.8 Å². The van der Waals surface area contributed by atoms with Crippen LogP contribution in [0.25, 0.3) is 0 Å². The number of hydrogen-bond acceptors (Lipinski definition) is 3. The minimum absolute atomic E-state index is 0.857. The van der Waals surface area contributed by atoms with Crippen LogP contribution in [0.2, 0.25) is 0 Å². The minimum atomic E-state index is 0.857. The lowest BCUT2D eigenvalue weighted by Crippen LogP contribution is -2.33. The molecule has 0 radical (unpaired) electrons. The van der Waals surface area contributed by atoms with Crippen molar-refractivity contribution in [3.63, 3.8) is 0 Å². The average Bonchev–Trinajstić information content (AvgIpc) is 3.10. The second kappa shape index (κ2) is 6.58. The molecule has 0 aromatic rings. The topological polar surface area (TPSA) is 27.3 Å². The first-order valence-corrected chi connectivity index (χ1v) is 6.97. The molecule has 3 nitrogen and oxygen atoms in total. The Morgan fingerprint density at radius 2 is 1.75 bits per heavy atom.